The first-order valence-electron chi connectivity index (χ1n) is 3.92. The van der Waals surface area contributed by atoms with Crippen molar-refractivity contribution >= 4 is 10.0 Å². The second-order valence-electron chi connectivity index (χ2n) is 3.06. The molecule has 1 aromatic carbocycles. The quantitative estimate of drug-likeness (QED) is 0.778. The van der Waals surface area contributed by atoms with Crippen molar-refractivity contribution in [1.29, 1.82) is 5.26 Å². The average molecular weight is 210 g/mol. The van der Waals surface area contributed by atoms with E-state index >= 15 is 0 Å². The monoisotopic (exact) mass is 210 g/mol. The summed E-state index contributed by atoms with van der Waals surface area (Å²) in [6, 6.07) is 6.80. The molecule has 2 N–H and O–H groups in total. The van der Waals surface area contributed by atoms with Crippen molar-refractivity contribution in [3.8, 4) is 6.07 Å². The van der Waals surface area contributed by atoms with Gasteiger partial charge in [0.15, 0.2) is 0 Å². The Kier molecular flexibility index (Phi) is 2.89. The molecule has 14 heavy (non-hydrogen) atoms. The van der Waals surface area contributed by atoms with Crippen molar-refractivity contribution in [2.75, 3.05) is 0 Å². The SMILES string of the molecule is Cc1cc(C#N)ccc1CS(N)(=O)=O. The molecule has 0 radical (unpaired) electrons. The molecule has 1 aromatic rings. The molecule has 0 saturated heterocycles. The first-order valence-corrected chi connectivity index (χ1v) is 5.64. The first kappa shape index (κ1) is 10.7. The highest BCUT2D eigenvalue weighted by Gasteiger charge is 2.07. The second kappa shape index (κ2) is 3.78. The van der Waals surface area contributed by atoms with E-state index in [0.29, 0.717) is 11.1 Å². The highest BCUT2D eigenvalue weighted by Crippen LogP contribution is 2.12. The molecule has 0 aliphatic heterocycles. The minimum atomic E-state index is -3.50. The van der Waals surface area contributed by atoms with Crippen molar-refractivity contribution in [3.05, 3.63) is 34.9 Å². The fourth-order valence-corrected chi connectivity index (χ4v) is 1.90. The first-order chi connectivity index (χ1) is 6.42. The lowest BCUT2D eigenvalue weighted by Crippen LogP contribution is -2.15. The van der Waals surface area contributed by atoms with Gasteiger partial charge in [0.2, 0.25) is 10.0 Å². The zero-order valence-corrected chi connectivity index (χ0v) is 8.50. The molecular formula is C9H10N2O2S. The third kappa shape index (κ3) is 2.83. The Morgan fingerprint density at radius 3 is 2.57 bits per heavy atom. The van der Waals surface area contributed by atoms with Crippen molar-refractivity contribution in [2.45, 2.75) is 12.7 Å². The minimum Gasteiger partial charge on any atom is -0.228 e. The zero-order chi connectivity index (χ0) is 10.8. The summed E-state index contributed by atoms with van der Waals surface area (Å²) in [7, 11) is -3.50. The highest BCUT2D eigenvalue weighted by molar-refractivity contribution is 7.88. The molecule has 74 valence electrons. The molecule has 0 aromatic heterocycles. The topological polar surface area (TPSA) is 83.9 Å². The maximum absolute atomic E-state index is 10.8. The van der Waals surface area contributed by atoms with Gasteiger partial charge in [0.25, 0.3) is 0 Å². The average Bonchev–Trinajstić information content (AvgIpc) is 2.06. The summed E-state index contributed by atoms with van der Waals surface area (Å²) in [6.07, 6.45) is 0. The number of hydrogen-bond donors (Lipinski definition) is 1. The predicted molar refractivity (Wildman–Crippen MR) is 52.7 cm³/mol. The largest absolute Gasteiger partial charge is 0.228 e. The molecule has 0 unspecified atom stereocenters. The molecule has 0 amide bonds. The van der Waals surface area contributed by atoms with Crippen LogP contribution < -0.4 is 5.14 Å². The minimum absolute atomic E-state index is 0.190. The number of benzene rings is 1. The van der Waals surface area contributed by atoms with Crippen LogP contribution in [0.4, 0.5) is 0 Å². The molecule has 5 heteroatoms. The second-order valence-corrected chi connectivity index (χ2v) is 4.67. The lowest BCUT2D eigenvalue weighted by Gasteiger charge is -2.03. The summed E-state index contributed by atoms with van der Waals surface area (Å²) in [5.41, 5.74) is 1.91. The van der Waals surface area contributed by atoms with Crippen LogP contribution in [0.25, 0.3) is 0 Å². The van der Waals surface area contributed by atoms with Crippen molar-refractivity contribution < 1.29 is 8.42 Å². The van der Waals surface area contributed by atoms with E-state index in [1.54, 1.807) is 25.1 Å². The van der Waals surface area contributed by atoms with E-state index in [0.717, 1.165) is 5.56 Å². The highest BCUT2D eigenvalue weighted by atomic mass is 32.2. The van der Waals surface area contributed by atoms with Crippen molar-refractivity contribution in [3.63, 3.8) is 0 Å². The fraction of sp³-hybridized carbons (Fsp3) is 0.222. The van der Waals surface area contributed by atoms with Crippen LogP contribution >= 0.6 is 0 Å². The molecule has 0 spiro atoms. The molecule has 4 nitrogen and oxygen atoms in total. The predicted octanol–water partition coefficient (Wildman–Crippen LogP) is 0.655. The Morgan fingerprint density at radius 2 is 2.14 bits per heavy atom. The normalized spacial score (nSPS) is 10.9. The van der Waals surface area contributed by atoms with E-state index in [4.69, 9.17) is 10.4 Å². The number of sulfonamides is 1. The molecule has 0 aliphatic rings. The van der Waals surface area contributed by atoms with E-state index in [1.807, 2.05) is 6.07 Å². The Morgan fingerprint density at radius 1 is 1.50 bits per heavy atom. The molecule has 0 atom stereocenters. The summed E-state index contributed by atoms with van der Waals surface area (Å²) in [5, 5.41) is 13.5. The van der Waals surface area contributed by atoms with Crippen LogP contribution in [0.5, 0.6) is 0 Å². The van der Waals surface area contributed by atoms with Gasteiger partial charge in [0, 0.05) is 0 Å². The maximum atomic E-state index is 10.8. The van der Waals surface area contributed by atoms with E-state index < -0.39 is 10.0 Å². The third-order valence-electron chi connectivity index (χ3n) is 1.83. The summed E-state index contributed by atoms with van der Waals surface area (Å²) in [4.78, 5) is 0. The Balaban J connectivity index is 3.09. The van der Waals surface area contributed by atoms with E-state index in [2.05, 4.69) is 0 Å². The van der Waals surface area contributed by atoms with Gasteiger partial charge in [-0.2, -0.15) is 5.26 Å². The van der Waals surface area contributed by atoms with Crippen LogP contribution in [0.1, 0.15) is 16.7 Å². The van der Waals surface area contributed by atoms with Crippen LogP contribution in [-0.4, -0.2) is 8.42 Å². The van der Waals surface area contributed by atoms with Crippen molar-refractivity contribution in [2.24, 2.45) is 5.14 Å². The summed E-state index contributed by atoms with van der Waals surface area (Å²) < 4.78 is 21.6. The van der Waals surface area contributed by atoms with Crippen LogP contribution in [0.15, 0.2) is 18.2 Å². The standard InChI is InChI=1S/C9H10N2O2S/c1-7-4-8(5-10)2-3-9(7)6-14(11,12)13/h2-4H,6H2,1H3,(H2,11,12,13). The summed E-state index contributed by atoms with van der Waals surface area (Å²) >= 11 is 0. The van der Waals surface area contributed by atoms with Crippen LogP contribution in [0.3, 0.4) is 0 Å². The molecule has 0 fully saturated rings. The zero-order valence-electron chi connectivity index (χ0n) is 7.69. The van der Waals surface area contributed by atoms with Crippen LogP contribution in [0.2, 0.25) is 0 Å². The van der Waals surface area contributed by atoms with E-state index in [9.17, 15) is 8.42 Å². The number of nitriles is 1. The van der Waals surface area contributed by atoms with Gasteiger partial charge in [-0.1, -0.05) is 6.07 Å². The third-order valence-corrected chi connectivity index (χ3v) is 2.54. The Bertz CT molecular complexity index is 486. The molecule has 0 heterocycles. The molecule has 0 aliphatic carbocycles. The molecule has 1 rings (SSSR count). The summed E-state index contributed by atoms with van der Waals surface area (Å²) in [5.74, 6) is -0.190. The number of hydrogen-bond acceptors (Lipinski definition) is 3. The number of primary sulfonamides is 1. The van der Waals surface area contributed by atoms with Crippen LogP contribution in [-0.2, 0) is 15.8 Å². The number of rotatable bonds is 2. The van der Waals surface area contributed by atoms with Gasteiger partial charge < -0.3 is 0 Å². The van der Waals surface area contributed by atoms with Gasteiger partial charge in [-0.3, -0.25) is 0 Å². The Hall–Kier alpha value is -1.38. The maximum Gasteiger partial charge on any atom is 0.213 e. The van der Waals surface area contributed by atoms with Gasteiger partial charge in [0.1, 0.15) is 0 Å². The lowest BCUT2D eigenvalue weighted by atomic mass is 10.1. The molecular weight excluding hydrogens is 200 g/mol. The Labute approximate surface area is 83.0 Å². The summed E-state index contributed by atoms with van der Waals surface area (Å²) in [6.45, 7) is 1.75. The van der Waals surface area contributed by atoms with E-state index in [-0.39, 0.29) is 5.75 Å². The van der Waals surface area contributed by atoms with Gasteiger partial charge >= 0.3 is 0 Å². The van der Waals surface area contributed by atoms with Gasteiger partial charge in [0.05, 0.1) is 17.4 Å². The van der Waals surface area contributed by atoms with Gasteiger partial charge in [-0.25, -0.2) is 13.6 Å². The van der Waals surface area contributed by atoms with E-state index in [1.165, 1.54) is 0 Å². The number of aryl methyl sites for hydroxylation is 1. The van der Waals surface area contributed by atoms with Gasteiger partial charge in [-0.05, 0) is 30.2 Å². The van der Waals surface area contributed by atoms with Gasteiger partial charge in [-0.15, -0.1) is 0 Å². The fourth-order valence-electron chi connectivity index (χ4n) is 1.14. The number of nitrogens with zero attached hydrogens (tertiary/aromatic N) is 1. The molecule has 0 saturated carbocycles. The smallest absolute Gasteiger partial charge is 0.213 e. The van der Waals surface area contributed by atoms with Crippen molar-refractivity contribution in [1.82, 2.24) is 0 Å². The molecule has 0 bridgehead atoms. The number of nitrogens with two attached hydrogens (primary N) is 1. The van der Waals surface area contributed by atoms with Crippen LogP contribution in [0, 0.1) is 18.3 Å². The lowest BCUT2D eigenvalue weighted by molar-refractivity contribution is 0.597.